The number of nitrogens with zero attached hydrogens (tertiary/aromatic N) is 1. The molecule has 0 bridgehead atoms. The molecule has 1 aliphatic carbocycles. The fourth-order valence-electron chi connectivity index (χ4n) is 4.52. The summed E-state index contributed by atoms with van der Waals surface area (Å²) in [5, 5.41) is 3.74. The summed E-state index contributed by atoms with van der Waals surface area (Å²) in [6, 6.07) is 16.0. The maximum absolute atomic E-state index is 12.8. The van der Waals surface area contributed by atoms with E-state index in [0.717, 1.165) is 42.1 Å². The molecule has 6 nitrogen and oxygen atoms in total. The van der Waals surface area contributed by atoms with Crippen LogP contribution in [-0.2, 0) is 16.0 Å². The number of hydrogen-bond acceptors (Lipinski definition) is 5. The molecule has 3 aromatic rings. The highest BCUT2D eigenvalue weighted by Gasteiger charge is 2.21. The molecular formula is C28H33N3O3. The SMILES string of the molecule is NC(Cc1ccc(NC(=O)c2ccnc3ccccc23)cc1)C(=O)OC1CCCCCCCC1. The molecule has 2 aromatic carbocycles. The van der Waals surface area contributed by atoms with Gasteiger partial charge in [0.05, 0.1) is 11.1 Å². The van der Waals surface area contributed by atoms with Gasteiger partial charge in [-0.25, -0.2) is 0 Å². The van der Waals surface area contributed by atoms with E-state index in [1.54, 1.807) is 12.3 Å². The van der Waals surface area contributed by atoms with Crippen LogP contribution in [0.2, 0.25) is 0 Å². The molecule has 1 atom stereocenters. The Hall–Kier alpha value is -3.25. The van der Waals surface area contributed by atoms with Gasteiger partial charge in [-0.05, 0) is 61.9 Å². The lowest BCUT2D eigenvalue weighted by Gasteiger charge is -2.20. The monoisotopic (exact) mass is 459 g/mol. The number of esters is 1. The highest BCUT2D eigenvalue weighted by molar-refractivity contribution is 6.12. The molecule has 34 heavy (non-hydrogen) atoms. The normalized spacial score (nSPS) is 16.1. The summed E-state index contributed by atoms with van der Waals surface area (Å²) in [4.78, 5) is 29.7. The molecule has 1 aliphatic rings. The number of nitrogens with two attached hydrogens (primary N) is 1. The van der Waals surface area contributed by atoms with E-state index in [1.165, 1.54) is 25.7 Å². The second-order valence-electron chi connectivity index (χ2n) is 9.09. The van der Waals surface area contributed by atoms with Gasteiger partial charge in [0.15, 0.2) is 0 Å². The van der Waals surface area contributed by atoms with Crippen LogP contribution in [-0.4, -0.2) is 29.0 Å². The number of para-hydroxylation sites is 1. The number of fused-ring (bicyclic) bond motifs is 1. The maximum atomic E-state index is 12.8. The van der Waals surface area contributed by atoms with Gasteiger partial charge >= 0.3 is 5.97 Å². The summed E-state index contributed by atoms with van der Waals surface area (Å²) in [7, 11) is 0. The van der Waals surface area contributed by atoms with Crippen molar-refractivity contribution >= 4 is 28.5 Å². The van der Waals surface area contributed by atoms with Gasteiger partial charge < -0.3 is 15.8 Å². The third-order valence-corrected chi connectivity index (χ3v) is 6.45. The van der Waals surface area contributed by atoms with Gasteiger partial charge in [-0.1, -0.05) is 56.0 Å². The summed E-state index contributed by atoms with van der Waals surface area (Å²) in [5.41, 5.74) is 9.12. The highest BCUT2D eigenvalue weighted by Crippen LogP contribution is 2.21. The van der Waals surface area contributed by atoms with Gasteiger partial charge in [0.1, 0.15) is 12.1 Å². The number of rotatable bonds is 6. The van der Waals surface area contributed by atoms with Crippen LogP contribution in [0.3, 0.4) is 0 Å². The number of pyridine rings is 1. The summed E-state index contributed by atoms with van der Waals surface area (Å²) in [6.45, 7) is 0. The molecule has 1 saturated carbocycles. The zero-order valence-corrected chi connectivity index (χ0v) is 19.5. The first-order chi connectivity index (χ1) is 16.6. The van der Waals surface area contributed by atoms with Crippen LogP contribution in [0.5, 0.6) is 0 Å². The number of anilines is 1. The molecule has 6 heteroatoms. The second-order valence-corrected chi connectivity index (χ2v) is 9.09. The minimum atomic E-state index is -0.698. The van der Waals surface area contributed by atoms with Crippen LogP contribution in [0.25, 0.3) is 10.9 Å². The van der Waals surface area contributed by atoms with Crippen LogP contribution < -0.4 is 11.1 Å². The molecular weight excluding hydrogens is 426 g/mol. The molecule has 1 amide bonds. The number of carbonyl (C=O) groups is 2. The van der Waals surface area contributed by atoms with Crippen LogP contribution >= 0.6 is 0 Å². The van der Waals surface area contributed by atoms with Gasteiger partial charge in [-0.2, -0.15) is 0 Å². The number of nitrogens with one attached hydrogen (secondary N) is 1. The van der Waals surface area contributed by atoms with Crippen molar-refractivity contribution in [3.8, 4) is 0 Å². The lowest BCUT2D eigenvalue weighted by molar-refractivity contribution is -0.151. The minimum Gasteiger partial charge on any atom is -0.461 e. The van der Waals surface area contributed by atoms with E-state index in [1.807, 2.05) is 48.5 Å². The molecule has 178 valence electrons. The van der Waals surface area contributed by atoms with Crippen molar-refractivity contribution < 1.29 is 14.3 Å². The van der Waals surface area contributed by atoms with Crippen LogP contribution in [0.1, 0.15) is 67.3 Å². The fraction of sp³-hybridized carbons (Fsp3) is 0.393. The van der Waals surface area contributed by atoms with Gasteiger partial charge in [-0.3, -0.25) is 14.6 Å². The second kappa shape index (κ2) is 11.7. The van der Waals surface area contributed by atoms with E-state index in [4.69, 9.17) is 10.5 Å². The van der Waals surface area contributed by atoms with Crippen LogP contribution in [0, 0.1) is 0 Å². The number of ether oxygens (including phenoxy) is 1. The summed E-state index contributed by atoms with van der Waals surface area (Å²) >= 11 is 0. The van der Waals surface area contributed by atoms with Crippen molar-refractivity contribution in [1.82, 2.24) is 4.98 Å². The molecule has 1 aromatic heterocycles. The first kappa shape index (κ1) is 23.9. The molecule has 1 heterocycles. The molecule has 0 saturated heterocycles. The Balaban J connectivity index is 1.32. The number of aromatic nitrogens is 1. The highest BCUT2D eigenvalue weighted by atomic mass is 16.5. The van der Waals surface area contributed by atoms with Crippen molar-refractivity contribution in [1.29, 1.82) is 0 Å². The summed E-state index contributed by atoms with van der Waals surface area (Å²) in [5.74, 6) is -0.521. The Morgan fingerprint density at radius 1 is 0.941 bits per heavy atom. The predicted octanol–water partition coefficient (Wildman–Crippen LogP) is 5.40. The van der Waals surface area contributed by atoms with Crippen molar-refractivity contribution in [3.05, 3.63) is 71.9 Å². The smallest absolute Gasteiger partial charge is 0.323 e. The van der Waals surface area contributed by atoms with E-state index in [2.05, 4.69) is 10.3 Å². The van der Waals surface area contributed by atoms with Gasteiger partial charge in [0.2, 0.25) is 0 Å². The third kappa shape index (κ3) is 6.41. The Morgan fingerprint density at radius 3 is 2.35 bits per heavy atom. The molecule has 0 radical (unpaired) electrons. The zero-order chi connectivity index (χ0) is 23.8. The van der Waals surface area contributed by atoms with Gasteiger partial charge in [0, 0.05) is 17.3 Å². The third-order valence-electron chi connectivity index (χ3n) is 6.45. The minimum absolute atomic E-state index is 0.0153. The standard InChI is InChI=1S/C28H33N3O3/c29-25(28(33)34-22-9-5-3-1-2-4-6-10-22)19-20-13-15-21(16-14-20)31-27(32)24-17-18-30-26-12-8-7-11-23(24)26/h7-8,11-18,22,25H,1-6,9-10,19,29H2,(H,31,32). The van der Waals surface area contributed by atoms with Gasteiger partial charge in [-0.15, -0.1) is 0 Å². The predicted molar refractivity (Wildman–Crippen MR) is 135 cm³/mol. The van der Waals surface area contributed by atoms with E-state index in [-0.39, 0.29) is 18.0 Å². The summed E-state index contributed by atoms with van der Waals surface area (Å²) in [6.07, 6.45) is 11.1. The Kier molecular flexibility index (Phi) is 8.26. The van der Waals surface area contributed by atoms with E-state index < -0.39 is 6.04 Å². The van der Waals surface area contributed by atoms with E-state index >= 15 is 0 Å². The van der Waals surface area contributed by atoms with Crippen molar-refractivity contribution in [3.63, 3.8) is 0 Å². The van der Waals surface area contributed by atoms with Crippen LogP contribution in [0.15, 0.2) is 60.8 Å². The Morgan fingerprint density at radius 2 is 1.62 bits per heavy atom. The lowest BCUT2D eigenvalue weighted by Crippen LogP contribution is -2.36. The molecule has 4 rings (SSSR count). The van der Waals surface area contributed by atoms with Crippen molar-refractivity contribution in [2.24, 2.45) is 5.73 Å². The average Bonchev–Trinajstić information content (AvgIpc) is 2.99. The Labute approximate surface area is 200 Å². The van der Waals surface area contributed by atoms with Crippen molar-refractivity contribution in [2.75, 3.05) is 5.32 Å². The fourth-order valence-corrected chi connectivity index (χ4v) is 4.52. The first-order valence-corrected chi connectivity index (χ1v) is 12.3. The zero-order valence-electron chi connectivity index (χ0n) is 19.5. The molecule has 3 N–H and O–H groups in total. The number of benzene rings is 2. The van der Waals surface area contributed by atoms with Gasteiger partial charge in [0.25, 0.3) is 5.91 Å². The molecule has 1 fully saturated rings. The number of carbonyl (C=O) groups excluding carboxylic acids is 2. The molecule has 1 unspecified atom stereocenters. The largest absolute Gasteiger partial charge is 0.461 e. The topological polar surface area (TPSA) is 94.3 Å². The average molecular weight is 460 g/mol. The number of amides is 1. The lowest BCUT2D eigenvalue weighted by atomic mass is 10.0. The van der Waals surface area contributed by atoms with Crippen LogP contribution in [0.4, 0.5) is 5.69 Å². The molecule has 0 spiro atoms. The number of hydrogen-bond donors (Lipinski definition) is 2. The van der Waals surface area contributed by atoms with E-state index in [0.29, 0.717) is 17.7 Å². The van der Waals surface area contributed by atoms with Crippen molar-refractivity contribution in [2.45, 2.75) is 69.9 Å². The summed E-state index contributed by atoms with van der Waals surface area (Å²) < 4.78 is 5.75. The Bertz CT molecular complexity index is 1100. The molecule has 0 aliphatic heterocycles. The quantitative estimate of drug-likeness (QED) is 0.481. The van der Waals surface area contributed by atoms with E-state index in [9.17, 15) is 9.59 Å². The first-order valence-electron chi connectivity index (χ1n) is 12.3. The maximum Gasteiger partial charge on any atom is 0.323 e.